The lowest BCUT2D eigenvalue weighted by atomic mass is 10.0. The van der Waals surface area contributed by atoms with Crippen molar-refractivity contribution < 1.29 is 32.2 Å². The number of likely N-dealkylation sites (N-methyl/N-ethyl adjacent to an activating group) is 1. The van der Waals surface area contributed by atoms with Gasteiger partial charge in [-0.3, -0.25) is 9.52 Å². The fourth-order valence-corrected chi connectivity index (χ4v) is 5.68. The lowest BCUT2D eigenvalue weighted by Crippen LogP contribution is -2.48. The van der Waals surface area contributed by atoms with Gasteiger partial charge in [-0.1, -0.05) is 25.1 Å². The van der Waals surface area contributed by atoms with E-state index >= 15 is 0 Å². The fourth-order valence-electron chi connectivity index (χ4n) is 4.63. The Morgan fingerprint density at radius 3 is 2.48 bits per heavy atom. The molecule has 0 saturated heterocycles. The average molecular weight is 599 g/mol. The van der Waals surface area contributed by atoms with Crippen LogP contribution in [0, 0.1) is 11.7 Å². The SMILES string of the molecule is C[C@@H]1CN([C@H](C)CO)C(=O)Cc2cc(NS(=O)(=O)c3ccc(F)cc3)ccc2O[C@H]1CN(C)C(=O)Nc1ccccc1. The topological polar surface area (TPSA) is 128 Å². The van der Waals surface area contributed by atoms with Gasteiger partial charge < -0.3 is 25.0 Å². The molecule has 3 N–H and O–H groups in total. The van der Waals surface area contributed by atoms with Gasteiger partial charge in [-0.05, 0) is 61.5 Å². The van der Waals surface area contributed by atoms with Gasteiger partial charge in [0.15, 0.2) is 0 Å². The maximum Gasteiger partial charge on any atom is 0.321 e. The van der Waals surface area contributed by atoms with Crippen LogP contribution in [0.1, 0.15) is 19.4 Å². The first-order chi connectivity index (χ1) is 20.0. The van der Waals surface area contributed by atoms with Crippen LogP contribution in [0.5, 0.6) is 5.75 Å². The van der Waals surface area contributed by atoms with E-state index in [2.05, 4.69) is 10.0 Å². The van der Waals surface area contributed by atoms with Crippen molar-refractivity contribution >= 4 is 33.3 Å². The summed E-state index contributed by atoms with van der Waals surface area (Å²) >= 11 is 0. The molecule has 42 heavy (non-hydrogen) atoms. The Labute approximate surface area is 245 Å². The van der Waals surface area contributed by atoms with E-state index in [9.17, 15) is 27.5 Å². The molecule has 3 aromatic carbocycles. The van der Waals surface area contributed by atoms with Gasteiger partial charge >= 0.3 is 6.03 Å². The molecule has 12 heteroatoms. The van der Waals surface area contributed by atoms with E-state index in [1.807, 2.05) is 25.1 Å². The van der Waals surface area contributed by atoms with Crippen molar-refractivity contribution in [1.29, 1.82) is 0 Å². The van der Waals surface area contributed by atoms with Crippen LogP contribution >= 0.6 is 0 Å². The number of hydrogen-bond donors (Lipinski definition) is 3. The molecule has 1 aliphatic heterocycles. The van der Waals surface area contributed by atoms with Gasteiger partial charge in [0.25, 0.3) is 10.0 Å². The first-order valence-corrected chi connectivity index (χ1v) is 15.0. The lowest BCUT2D eigenvalue weighted by molar-refractivity contribution is -0.134. The van der Waals surface area contributed by atoms with Crippen LogP contribution in [0.4, 0.5) is 20.6 Å². The number of urea groups is 1. The van der Waals surface area contributed by atoms with Crippen molar-refractivity contribution in [2.45, 2.75) is 37.3 Å². The number of benzene rings is 3. The molecule has 3 aromatic rings. The van der Waals surface area contributed by atoms with E-state index < -0.39 is 28.0 Å². The van der Waals surface area contributed by atoms with Crippen LogP contribution in [0.2, 0.25) is 0 Å². The number of sulfonamides is 1. The Bertz CT molecular complexity index is 1500. The number of amides is 3. The predicted octanol–water partition coefficient (Wildman–Crippen LogP) is 3.94. The zero-order valence-electron chi connectivity index (χ0n) is 23.7. The standard InChI is InChI=1S/C30H35FN4O6S/c1-20-17-35(21(2)19-36)29(37)16-22-15-25(33-42(39,40)26-12-9-23(31)10-13-26)11-14-27(22)41-28(20)18-34(3)30(38)32-24-7-5-4-6-8-24/h4-15,20-21,28,33,36H,16-19H2,1-3H3,(H,32,38)/t20-,21-,28+/m1/s1. The molecular weight excluding hydrogens is 563 g/mol. The second kappa shape index (κ2) is 13.2. The van der Waals surface area contributed by atoms with Crippen molar-refractivity contribution in [3.8, 4) is 5.75 Å². The van der Waals surface area contributed by atoms with Crippen LogP contribution in [-0.4, -0.2) is 74.2 Å². The number of para-hydroxylation sites is 1. The summed E-state index contributed by atoms with van der Waals surface area (Å²) in [6, 6.07) is 17.3. The smallest absolute Gasteiger partial charge is 0.321 e. The summed E-state index contributed by atoms with van der Waals surface area (Å²) in [6.07, 6.45) is -0.647. The first-order valence-electron chi connectivity index (χ1n) is 13.5. The molecule has 4 rings (SSSR count). The molecule has 0 fully saturated rings. The number of aliphatic hydroxyl groups is 1. The molecule has 1 aliphatic rings. The zero-order valence-corrected chi connectivity index (χ0v) is 24.5. The van der Waals surface area contributed by atoms with Gasteiger partial charge in [0.2, 0.25) is 5.91 Å². The van der Waals surface area contributed by atoms with Crippen LogP contribution < -0.4 is 14.8 Å². The lowest BCUT2D eigenvalue weighted by Gasteiger charge is -2.34. The second-order valence-corrected chi connectivity index (χ2v) is 12.1. The van der Waals surface area contributed by atoms with E-state index in [1.165, 1.54) is 17.0 Å². The Balaban J connectivity index is 1.62. The molecule has 0 spiro atoms. The minimum absolute atomic E-state index is 0.102. The molecular formula is C30H35FN4O6S. The average Bonchev–Trinajstić information content (AvgIpc) is 3.00. The second-order valence-electron chi connectivity index (χ2n) is 10.4. The molecule has 224 valence electrons. The van der Waals surface area contributed by atoms with Gasteiger partial charge in [-0.15, -0.1) is 0 Å². The molecule has 3 atom stereocenters. The van der Waals surface area contributed by atoms with Crippen molar-refractivity contribution in [3.63, 3.8) is 0 Å². The highest BCUT2D eigenvalue weighted by molar-refractivity contribution is 7.92. The number of halogens is 1. The highest BCUT2D eigenvalue weighted by Crippen LogP contribution is 2.30. The van der Waals surface area contributed by atoms with E-state index in [1.54, 1.807) is 37.1 Å². The van der Waals surface area contributed by atoms with Gasteiger partial charge in [0.05, 0.1) is 30.5 Å². The maximum atomic E-state index is 13.4. The van der Waals surface area contributed by atoms with Gasteiger partial charge in [-0.25, -0.2) is 17.6 Å². The third kappa shape index (κ3) is 7.56. The molecule has 0 aliphatic carbocycles. The Hall–Kier alpha value is -4.16. The molecule has 0 bridgehead atoms. The molecule has 0 aromatic heterocycles. The minimum Gasteiger partial charge on any atom is -0.488 e. The van der Waals surface area contributed by atoms with Crippen LogP contribution in [0.25, 0.3) is 0 Å². The summed E-state index contributed by atoms with van der Waals surface area (Å²) in [6.45, 7) is 3.87. The van der Waals surface area contributed by atoms with E-state index in [-0.39, 0.29) is 54.6 Å². The Morgan fingerprint density at radius 1 is 1.12 bits per heavy atom. The third-order valence-electron chi connectivity index (χ3n) is 7.12. The van der Waals surface area contributed by atoms with Gasteiger partial charge in [0.1, 0.15) is 17.7 Å². The summed E-state index contributed by atoms with van der Waals surface area (Å²) in [5.74, 6) is -0.684. The largest absolute Gasteiger partial charge is 0.488 e. The number of aliphatic hydroxyl groups excluding tert-OH is 1. The number of nitrogens with one attached hydrogen (secondary N) is 2. The number of anilines is 2. The highest BCUT2D eigenvalue weighted by atomic mass is 32.2. The van der Waals surface area contributed by atoms with Crippen LogP contribution in [-0.2, 0) is 21.2 Å². The summed E-state index contributed by atoms with van der Waals surface area (Å²) in [5, 5.41) is 12.7. The van der Waals surface area contributed by atoms with Crippen LogP contribution in [0.15, 0.2) is 77.7 Å². The van der Waals surface area contributed by atoms with Crippen molar-refractivity contribution in [3.05, 3.63) is 84.2 Å². The highest BCUT2D eigenvalue weighted by Gasteiger charge is 2.32. The normalized spacial score (nSPS) is 18.0. The molecule has 3 amide bonds. The number of carbonyl (C=O) groups is 2. The molecule has 1 heterocycles. The fraction of sp³-hybridized carbons (Fsp3) is 0.333. The number of ether oxygens (including phenoxy) is 1. The maximum absolute atomic E-state index is 13.4. The summed E-state index contributed by atoms with van der Waals surface area (Å²) in [7, 11) is -2.38. The van der Waals surface area contributed by atoms with Gasteiger partial charge in [-0.2, -0.15) is 0 Å². The quantitative estimate of drug-likeness (QED) is 0.361. The van der Waals surface area contributed by atoms with E-state index in [4.69, 9.17) is 4.74 Å². The summed E-state index contributed by atoms with van der Waals surface area (Å²) < 4.78 is 48.0. The first kappa shape index (κ1) is 30.8. The van der Waals surface area contributed by atoms with Crippen molar-refractivity contribution in [2.24, 2.45) is 5.92 Å². The predicted molar refractivity (Wildman–Crippen MR) is 157 cm³/mol. The number of carbonyl (C=O) groups excluding carboxylic acids is 2. The number of nitrogens with zero attached hydrogens (tertiary/aromatic N) is 2. The minimum atomic E-state index is -4.03. The molecule has 0 unspecified atom stereocenters. The zero-order chi connectivity index (χ0) is 30.4. The number of hydrogen-bond acceptors (Lipinski definition) is 6. The third-order valence-corrected chi connectivity index (χ3v) is 8.52. The monoisotopic (exact) mass is 598 g/mol. The van der Waals surface area contributed by atoms with Crippen LogP contribution in [0.3, 0.4) is 0 Å². The number of fused-ring (bicyclic) bond motifs is 1. The van der Waals surface area contributed by atoms with Crippen molar-refractivity contribution in [2.75, 3.05) is 36.8 Å². The molecule has 0 radical (unpaired) electrons. The summed E-state index contributed by atoms with van der Waals surface area (Å²) in [5.41, 5.74) is 1.27. The summed E-state index contributed by atoms with van der Waals surface area (Å²) in [4.78, 5) is 29.3. The van der Waals surface area contributed by atoms with E-state index in [0.717, 1.165) is 24.3 Å². The Kier molecular flexibility index (Phi) is 9.69. The molecule has 10 nitrogen and oxygen atoms in total. The Morgan fingerprint density at radius 2 is 1.81 bits per heavy atom. The van der Waals surface area contributed by atoms with Gasteiger partial charge in [0, 0.05) is 36.4 Å². The molecule has 0 saturated carbocycles. The van der Waals surface area contributed by atoms with E-state index in [0.29, 0.717) is 17.0 Å². The van der Waals surface area contributed by atoms with Crippen molar-refractivity contribution in [1.82, 2.24) is 9.80 Å². The number of rotatable bonds is 8.